The van der Waals surface area contributed by atoms with Gasteiger partial charge in [-0.15, -0.1) is 11.3 Å². The van der Waals surface area contributed by atoms with E-state index >= 15 is 0 Å². The van der Waals surface area contributed by atoms with Gasteiger partial charge in [0.1, 0.15) is 5.00 Å². The molecule has 0 aliphatic heterocycles. The summed E-state index contributed by atoms with van der Waals surface area (Å²) in [5.74, 6) is -1.04. The molecule has 2 aromatic rings. The first-order valence-corrected chi connectivity index (χ1v) is 10.5. The first-order chi connectivity index (χ1) is 13.9. The van der Waals surface area contributed by atoms with E-state index in [1.807, 2.05) is 0 Å². The number of nitrogens with zero attached hydrogens (tertiary/aromatic N) is 1. The number of esters is 2. The van der Waals surface area contributed by atoms with Crippen molar-refractivity contribution in [2.45, 2.75) is 46.1 Å². The minimum atomic E-state index is -1.03. The Kier molecular flexibility index (Phi) is 6.64. The van der Waals surface area contributed by atoms with E-state index < -0.39 is 23.9 Å². The van der Waals surface area contributed by atoms with Crippen LogP contribution in [0.4, 0.5) is 5.00 Å². The molecule has 0 fully saturated rings. The molecule has 0 radical (unpaired) electrons. The highest BCUT2D eigenvalue weighted by atomic mass is 32.1. The second-order valence-electron chi connectivity index (χ2n) is 7.05. The third-order valence-electron chi connectivity index (χ3n) is 4.78. The third kappa shape index (κ3) is 4.82. The van der Waals surface area contributed by atoms with Gasteiger partial charge in [-0.25, -0.2) is 9.59 Å². The smallest absolute Gasteiger partial charge is 0.341 e. The normalized spacial score (nSPS) is 16.4. The molecular weight excluding hydrogens is 392 g/mol. The highest BCUT2D eigenvalue weighted by Gasteiger charge is 2.30. The zero-order chi connectivity index (χ0) is 21.0. The maximum absolute atomic E-state index is 12.6. The molecule has 2 heterocycles. The lowest BCUT2D eigenvalue weighted by atomic mass is 9.88. The molecular formula is C21H24N2O5S. The fraction of sp³-hybridized carbons (Fsp3) is 0.429. The number of thiophene rings is 1. The quantitative estimate of drug-likeness (QED) is 0.723. The van der Waals surface area contributed by atoms with E-state index in [2.05, 4.69) is 17.2 Å². The number of nitrogens with one attached hydrogen (secondary N) is 1. The van der Waals surface area contributed by atoms with Gasteiger partial charge in [0.25, 0.3) is 5.91 Å². The zero-order valence-corrected chi connectivity index (χ0v) is 17.5. The van der Waals surface area contributed by atoms with Crippen LogP contribution in [0.1, 0.15) is 58.3 Å². The number of carbonyl (C=O) groups is 3. The van der Waals surface area contributed by atoms with Crippen molar-refractivity contribution in [3.63, 3.8) is 0 Å². The highest BCUT2D eigenvalue weighted by molar-refractivity contribution is 7.17. The lowest BCUT2D eigenvalue weighted by Gasteiger charge is -2.18. The van der Waals surface area contributed by atoms with Gasteiger partial charge < -0.3 is 14.8 Å². The van der Waals surface area contributed by atoms with Gasteiger partial charge in [0, 0.05) is 17.3 Å². The van der Waals surface area contributed by atoms with Crippen molar-refractivity contribution in [1.29, 1.82) is 0 Å². The highest BCUT2D eigenvalue weighted by Crippen LogP contribution is 2.40. The number of ether oxygens (including phenoxy) is 2. The summed E-state index contributed by atoms with van der Waals surface area (Å²) in [6.07, 6.45) is 4.53. The topological polar surface area (TPSA) is 94.6 Å². The van der Waals surface area contributed by atoms with Crippen molar-refractivity contribution in [2.24, 2.45) is 5.92 Å². The molecule has 1 amide bonds. The van der Waals surface area contributed by atoms with Crippen LogP contribution in [0.2, 0.25) is 0 Å². The SMILES string of the molecule is CCOC(=O)c1c(NC(=O)C(C)OC(=O)c2cccnc2)sc2c1CCC(C)C2. The fourth-order valence-electron chi connectivity index (χ4n) is 3.24. The molecule has 154 valence electrons. The van der Waals surface area contributed by atoms with Gasteiger partial charge in [0.2, 0.25) is 0 Å². The van der Waals surface area contributed by atoms with E-state index in [0.29, 0.717) is 16.5 Å². The predicted molar refractivity (Wildman–Crippen MR) is 109 cm³/mol. The average molecular weight is 416 g/mol. The molecule has 8 heteroatoms. The molecule has 7 nitrogen and oxygen atoms in total. The summed E-state index contributed by atoms with van der Waals surface area (Å²) in [6.45, 7) is 5.66. The number of carbonyl (C=O) groups excluding carboxylic acids is 3. The molecule has 3 rings (SSSR count). The molecule has 2 atom stereocenters. The van der Waals surface area contributed by atoms with E-state index in [1.165, 1.54) is 24.5 Å². The van der Waals surface area contributed by atoms with Crippen LogP contribution in [0.25, 0.3) is 0 Å². The monoisotopic (exact) mass is 416 g/mol. The maximum atomic E-state index is 12.6. The van der Waals surface area contributed by atoms with Crippen molar-refractivity contribution >= 4 is 34.2 Å². The minimum absolute atomic E-state index is 0.256. The Labute approximate surface area is 173 Å². The fourth-order valence-corrected chi connectivity index (χ4v) is 4.64. The number of amides is 1. The Morgan fingerprint density at radius 2 is 2.14 bits per heavy atom. The summed E-state index contributed by atoms with van der Waals surface area (Å²) in [7, 11) is 0. The van der Waals surface area contributed by atoms with Crippen molar-refractivity contribution in [2.75, 3.05) is 11.9 Å². The molecule has 0 saturated carbocycles. The van der Waals surface area contributed by atoms with Crippen molar-refractivity contribution in [1.82, 2.24) is 4.98 Å². The lowest BCUT2D eigenvalue weighted by Crippen LogP contribution is -2.30. The van der Waals surface area contributed by atoms with Crippen molar-refractivity contribution in [3.05, 3.63) is 46.1 Å². The molecule has 2 aromatic heterocycles. The van der Waals surface area contributed by atoms with Gasteiger partial charge in [-0.05, 0) is 56.7 Å². The molecule has 1 aliphatic rings. The van der Waals surface area contributed by atoms with Gasteiger partial charge in [-0.2, -0.15) is 0 Å². The summed E-state index contributed by atoms with van der Waals surface area (Å²) in [4.78, 5) is 42.3. The predicted octanol–water partition coefficient (Wildman–Crippen LogP) is 3.63. The maximum Gasteiger partial charge on any atom is 0.341 e. The molecule has 2 unspecified atom stereocenters. The Morgan fingerprint density at radius 3 is 2.83 bits per heavy atom. The number of rotatable bonds is 6. The van der Waals surface area contributed by atoms with Crippen molar-refractivity contribution < 1.29 is 23.9 Å². The Bertz CT molecular complexity index is 909. The van der Waals surface area contributed by atoms with Crippen LogP contribution in [0, 0.1) is 5.92 Å². The van der Waals surface area contributed by atoms with Gasteiger partial charge in [0.05, 0.1) is 17.7 Å². The summed E-state index contributed by atoms with van der Waals surface area (Å²) >= 11 is 1.40. The molecule has 1 aliphatic carbocycles. The van der Waals surface area contributed by atoms with Crippen LogP contribution in [-0.4, -0.2) is 35.5 Å². The number of anilines is 1. The van der Waals surface area contributed by atoms with Crippen LogP contribution in [0.3, 0.4) is 0 Å². The lowest BCUT2D eigenvalue weighted by molar-refractivity contribution is -0.123. The number of fused-ring (bicyclic) bond motifs is 1. The Balaban J connectivity index is 1.77. The van der Waals surface area contributed by atoms with Crippen LogP contribution in [-0.2, 0) is 27.1 Å². The molecule has 0 spiro atoms. The summed E-state index contributed by atoms with van der Waals surface area (Å²) in [6, 6.07) is 3.18. The van der Waals surface area contributed by atoms with Crippen LogP contribution in [0.15, 0.2) is 24.5 Å². The van der Waals surface area contributed by atoms with Gasteiger partial charge in [-0.3, -0.25) is 9.78 Å². The molecule has 0 saturated heterocycles. The van der Waals surface area contributed by atoms with E-state index in [1.54, 1.807) is 25.3 Å². The number of aromatic nitrogens is 1. The third-order valence-corrected chi connectivity index (χ3v) is 5.95. The Hall–Kier alpha value is -2.74. The van der Waals surface area contributed by atoms with Crippen LogP contribution < -0.4 is 5.32 Å². The average Bonchev–Trinajstić information content (AvgIpc) is 3.05. The van der Waals surface area contributed by atoms with Crippen molar-refractivity contribution in [3.8, 4) is 0 Å². The van der Waals surface area contributed by atoms with E-state index in [0.717, 1.165) is 29.7 Å². The number of pyridine rings is 1. The Morgan fingerprint density at radius 1 is 1.34 bits per heavy atom. The van der Waals surface area contributed by atoms with E-state index in [4.69, 9.17) is 9.47 Å². The molecule has 1 N–H and O–H groups in total. The number of hydrogen-bond acceptors (Lipinski definition) is 7. The zero-order valence-electron chi connectivity index (χ0n) is 16.7. The largest absolute Gasteiger partial charge is 0.462 e. The first-order valence-electron chi connectivity index (χ1n) is 9.64. The van der Waals surface area contributed by atoms with Gasteiger partial charge in [0.15, 0.2) is 6.10 Å². The van der Waals surface area contributed by atoms with E-state index in [-0.39, 0.29) is 12.2 Å². The van der Waals surface area contributed by atoms with E-state index in [9.17, 15) is 14.4 Å². The first kappa shape index (κ1) is 21.0. The molecule has 0 bridgehead atoms. The standard InChI is InChI=1S/C21H24N2O5S/c1-4-27-21(26)17-15-8-7-12(2)10-16(15)29-19(17)23-18(24)13(3)28-20(25)14-6-5-9-22-11-14/h5-6,9,11-13H,4,7-8,10H2,1-3H3,(H,23,24). The summed E-state index contributed by atoms with van der Waals surface area (Å²) in [5, 5.41) is 3.22. The van der Waals surface area contributed by atoms with Gasteiger partial charge >= 0.3 is 11.9 Å². The summed E-state index contributed by atoms with van der Waals surface area (Å²) in [5.41, 5.74) is 1.65. The minimum Gasteiger partial charge on any atom is -0.462 e. The summed E-state index contributed by atoms with van der Waals surface area (Å²) < 4.78 is 10.4. The van der Waals surface area contributed by atoms with Gasteiger partial charge in [-0.1, -0.05) is 6.92 Å². The second-order valence-corrected chi connectivity index (χ2v) is 8.16. The van der Waals surface area contributed by atoms with Crippen LogP contribution >= 0.6 is 11.3 Å². The van der Waals surface area contributed by atoms with Crippen LogP contribution in [0.5, 0.6) is 0 Å². The second kappa shape index (κ2) is 9.17. The molecule has 0 aromatic carbocycles. The molecule has 29 heavy (non-hydrogen) atoms. The number of hydrogen-bond donors (Lipinski definition) is 1.